The van der Waals surface area contributed by atoms with Gasteiger partial charge in [-0.25, -0.2) is 9.97 Å². The largest absolute Gasteiger partial charge is 0.384 e. The van der Waals surface area contributed by atoms with Gasteiger partial charge in [-0.3, -0.25) is 0 Å². The molecule has 4 heteroatoms. The molecule has 1 aromatic heterocycles. The molecule has 0 aliphatic heterocycles. The van der Waals surface area contributed by atoms with Crippen LogP contribution in [0.2, 0.25) is 0 Å². The number of nitrogens with two attached hydrogens (primary N) is 1. The second-order valence-corrected chi connectivity index (χ2v) is 5.29. The van der Waals surface area contributed by atoms with E-state index in [2.05, 4.69) is 49.9 Å². The van der Waals surface area contributed by atoms with E-state index in [0.29, 0.717) is 23.6 Å². The molecule has 0 aliphatic rings. The number of nitrogen functional groups attached to an aromatic ring is 1. The number of hydrogen-bond donors (Lipinski definition) is 2. The Labute approximate surface area is 104 Å². The number of aromatic nitrogens is 2. The molecule has 3 N–H and O–H groups in total. The Morgan fingerprint density at radius 3 is 2.35 bits per heavy atom. The number of anilines is 2. The van der Waals surface area contributed by atoms with E-state index >= 15 is 0 Å². The maximum Gasteiger partial charge on any atom is 0.135 e. The molecule has 0 radical (unpaired) electrons. The summed E-state index contributed by atoms with van der Waals surface area (Å²) in [4.78, 5) is 8.68. The van der Waals surface area contributed by atoms with E-state index in [0.717, 1.165) is 18.2 Å². The summed E-state index contributed by atoms with van der Waals surface area (Å²) in [5, 5.41) is 3.33. The van der Waals surface area contributed by atoms with Crippen LogP contribution in [0.4, 0.5) is 11.6 Å². The van der Waals surface area contributed by atoms with Crippen LogP contribution in [-0.4, -0.2) is 16.5 Å². The second-order valence-electron chi connectivity index (χ2n) is 5.29. The molecule has 1 heterocycles. The van der Waals surface area contributed by atoms with Crippen LogP contribution in [0.3, 0.4) is 0 Å². The van der Waals surface area contributed by atoms with Gasteiger partial charge in [0.15, 0.2) is 0 Å². The van der Waals surface area contributed by atoms with Crippen molar-refractivity contribution in [3.8, 4) is 0 Å². The summed E-state index contributed by atoms with van der Waals surface area (Å²) in [5.41, 5.74) is 5.77. The molecule has 0 aliphatic carbocycles. The summed E-state index contributed by atoms with van der Waals surface area (Å²) in [6.07, 6.45) is 0. The molecule has 0 spiro atoms. The van der Waals surface area contributed by atoms with E-state index in [1.54, 1.807) is 6.07 Å². The Morgan fingerprint density at radius 1 is 1.18 bits per heavy atom. The van der Waals surface area contributed by atoms with Gasteiger partial charge in [-0.2, -0.15) is 0 Å². The minimum absolute atomic E-state index is 0.293. The standard InChI is InChI=1S/C13H24N4/c1-8(2)10(5)7-15-12-6-11(14)16-13(17-12)9(3)4/h6,8-10H,7H2,1-5H3,(H3,14,15,16,17). The predicted molar refractivity (Wildman–Crippen MR) is 73.0 cm³/mol. The number of nitrogens with zero attached hydrogens (tertiary/aromatic N) is 2. The lowest BCUT2D eigenvalue weighted by molar-refractivity contribution is 0.439. The van der Waals surface area contributed by atoms with Crippen LogP contribution in [-0.2, 0) is 0 Å². The van der Waals surface area contributed by atoms with Gasteiger partial charge in [0.1, 0.15) is 17.5 Å². The third kappa shape index (κ3) is 4.21. The van der Waals surface area contributed by atoms with E-state index in [9.17, 15) is 0 Å². The zero-order valence-electron chi connectivity index (χ0n) is 11.5. The molecule has 4 nitrogen and oxygen atoms in total. The van der Waals surface area contributed by atoms with Crippen molar-refractivity contribution >= 4 is 11.6 Å². The molecule has 0 bridgehead atoms. The number of rotatable bonds is 5. The molecule has 17 heavy (non-hydrogen) atoms. The average molecular weight is 236 g/mol. The molecule has 0 aromatic carbocycles. The van der Waals surface area contributed by atoms with E-state index in [-0.39, 0.29) is 0 Å². The van der Waals surface area contributed by atoms with Crippen LogP contribution >= 0.6 is 0 Å². The van der Waals surface area contributed by atoms with Gasteiger partial charge in [-0.15, -0.1) is 0 Å². The third-order valence-electron chi connectivity index (χ3n) is 3.02. The highest BCUT2D eigenvalue weighted by molar-refractivity contribution is 5.44. The summed E-state index contributed by atoms with van der Waals surface area (Å²) < 4.78 is 0. The highest BCUT2D eigenvalue weighted by atomic mass is 15.0. The molecule has 0 saturated heterocycles. The molecule has 1 atom stereocenters. The Morgan fingerprint density at radius 2 is 1.82 bits per heavy atom. The Bertz CT molecular complexity index is 360. The minimum Gasteiger partial charge on any atom is -0.384 e. The van der Waals surface area contributed by atoms with Crippen LogP contribution in [0, 0.1) is 11.8 Å². The fraction of sp³-hybridized carbons (Fsp3) is 0.692. The van der Waals surface area contributed by atoms with Crippen LogP contribution in [0.5, 0.6) is 0 Å². The Balaban J connectivity index is 2.71. The molecule has 1 rings (SSSR count). The van der Waals surface area contributed by atoms with Crippen LogP contribution in [0.1, 0.15) is 46.4 Å². The summed E-state index contributed by atoms with van der Waals surface area (Å²) >= 11 is 0. The van der Waals surface area contributed by atoms with Crippen molar-refractivity contribution < 1.29 is 0 Å². The topological polar surface area (TPSA) is 63.8 Å². The molecule has 0 fully saturated rings. The van der Waals surface area contributed by atoms with Crippen molar-refractivity contribution in [2.75, 3.05) is 17.6 Å². The molecular formula is C13H24N4. The first-order valence-corrected chi connectivity index (χ1v) is 6.28. The van der Waals surface area contributed by atoms with Crippen molar-refractivity contribution in [2.45, 2.75) is 40.5 Å². The van der Waals surface area contributed by atoms with Crippen molar-refractivity contribution in [3.05, 3.63) is 11.9 Å². The Hall–Kier alpha value is -1.32. The quantitative estimate of drug-likeness (QED) is 0.825. The first-order chi connectivity index (χ1) is 7.90. The highest BCUT2D eigenvalue weighted by Crippen LogP contribution is 2.16. The highest BCUT2D eigenvalue weighted by Gasteiger charge is 2.09. The Kier molecular flexibility index (Phi) is 4.73. The maximum atomic E-state index is 5.77. The first kappa shape index (κ1) is 13.7. The van der Waals surface area contributed by atoms with Gasteiger partial charge in [-0.05, 0) is 11.8 Å². The molecule has 0 amide bonds. The lowest BCUT2D eigenvalue weighted by Crippen LogP contribution is -2.17. The van der Waals surface area contributed by atoms with Gasteiger partial charge in [0, 0.05) is 18.5 Å². The van der Waals surface area contributed by atoms with Gasteiger partial charge in [0.25, 0.3) is 0 Å². The van der Waals surface area contributed by atoms with E-state index in [1.165, 1.54) is 0 Å². The fourth-order valence-corrected chi connectivity index (χ4v) is 1.34. The zero-order chi connectivity index (χ0) is 13.0. The molecule has 0 saturated carbocycles. The van der Waals surface area contributed by atoms with Gasteiger partial charge >= 0.3 is 0 Å². The van der Waals surface area contributed by atoms with E-state index in [4.69, 9.17) is 5.73 Å². The summed E-state index contributed by atoms with van der Waals surface area (Å²) in [6, 6.07) is 1.79. The van der Waals surface area contributed by atoms with Crippen LogP contribution < -0.4 is 11.1 Å². The predicted octanol–water partition coefficient (Wildman–Crippen LogP) is 2.89. The van der Waals surface area contributed by atoms with Crippen LogP contribution in [0.15, 0.2) is 6.07 Å². The lowest BCUT2D eigenvalue weighted by atomic mass is 9.98. The summed E-state index contributed by atoms with van der Waals surface area (Å²) in [5.74, 6) is 3.71. The van der Waals surface area contributed by atoms with Crippen molar-refractivity contribution in [2.24, 2.45) is 11.8 Å². The fourth-order valence-electron chi connectivity index (χ4n) is 1.34. The van der Waals surface area contributed by atoms with Gasteiger partial charge in [-0.1, -0.05) is 34.6 Å². The molecule has 1 unspecified atom stereocenters. The normalized spacial score (nSPS) is 13.1. The van der Waals surface area contributed by atoms with Crippen LogP contribution in [0.25, 0.3) is 0 Å². The molecular weight excluding hydrogens is 212 g/mol. The number of hydrogen-bond acceptors (Lipinski definition) is 4. The lowest BCUT2D eigenvalue weighted by Gasteiger charge is -2.17. The average Bonchev–Trinajstić information content (AvgIpc) is 2.24. The van der Waals surface area contributed by atoms with Crippen molar-refractivity contribution in [1.29, 1.82) is 0 Å². The van der Waals surface area contributed by atoms with E-state index in [1.807, 2.05) is 0 Å². The second kappa shape index (κ2) is 5.84. The smallest absolute Gasteiger partial charge is 0.135 e. The molecule has 1 aromatic rings. The maximum absolute atomic E-state index is 5.77. The monoisotopic (exact) mass is 236 g/mol. The minimum atomic E-state index is 0.293. The molecule has 96 valence electrons. The third-order valence-corrected chi connectivity index (χ3v) is 3.02. The van der Waals surface area contributed by atoms with Gasteiger partial charge < -0.3 is 11.1 Å². The SMILES string of the molecule is CC(C)c1nc(N)cc(NCC(C)C(C)C)n1. The zero-order valence-corrected chi connectivity index (χ0v) is 11.5. The van der Waals surface area contributed by atoms with Gasteiger partial charge in [0.05, 0.1) is 0 Å². The first-order valence-electron chi connectivity index (χ1n) is 6.28. The van der Waals surface area contributed by atoms with E-state index < -0.39 is 0 Å². The summed E-state index contributed by atoms with van der Waals surface area (Å²) in [7, 11) is 0. The number of nitrogens with one attached hydrogen (secondary N) is 1. The van der Waals surface area contributed by atoms with Crippen molar-refractivity contribution in [1.82, 2.24) is 9.97 Å². The summed E-state index contributed by atoms with van der Waals surface area (Å²) in [6.45, 7) is 11.7. The van der Waals surface area contributed by atoms with Gasteiger partial charge in [0.2, 0.25) is 0 Å². The van der Waals surface area contributed by atoms with Crippen molar-refractivity contribution in [3.63, 3.8) is 0 Å².